The van der Waals surface area contributed by atoms with E-state index in [9.17, 15) is 0 Å². The SMILES string of the molecule is C=C(Br)CN=C(NCC)NCC1CC1.I. The Bertz CT molecular complexity index is 227. The summed E-state index contributed by atoms with van der Waals surface area (Å²) in [4.78, 5) is 4.36. The molecule has 3 nitrogen and oxygen atoms in total. The largest absolute Gasteiger partial charge is 0.357 e. The van der Waals surface area contributed by atoms with Crippen LogP contribution in [0.3, 0.4) is 0 Å². The Morgan fingerprint density at radius 2 is 2.13 bits per heavy atom. The smallest absolute Gasteiger partial charge is 0.191 e. The van der Waals surface area contributed by atoms with Crippen LogP contribution in [0.1, 0.15) is 19.8 Å². The molecule has 0 bridgehead atoms. The van der Waals surface area contributed by atoms with Crippen molar-refractivity contribution in [3.05, 3.63) is 11.1 Å². The number of hydrogen-bond acceptors (Lipinski definition) is 1. The summed E-state index contributed by atoms with van der Waals surface area (Å²) >= 11 is 3.29. The van der Waals surface area contributed by atoms with Crippen molar-refractivity contribution in [2.45, 2.75) is 19.8 Å². The molecule has 1 aliphatic rings. The lowest BCUT2D eigenvalue weighted by Crippen LogP contribution is -2.38. The molecular weight excluding hydrogens is 369 g/mol. The topological polar surface area (TPSA) is 36.4 Å². The van der Waals surface area contributed by atoms with Gasteiger partial charge in [-0.15, -0.1) is 24.0 Å². The van der Waals surface area contributed by atoms with Gasteiger partial charge in [0.05, 0.1) is 6.54 Å². The van der Waals surface area contributed by atoms with Gasteiger partial charge in [-0.25, -0.2) is 4.99 Å². The van der Waals surface area contributed by atoms with E-state index < -0.39 is 0 Å². The molecule has 0 aromatic heterocycles. The molecule has 2 N–H and O–H groups in total. The van der Waals surface area contributed by atoms with E-state index in [1.165, 1.54) is 12.8 Å². The first-order valence-electron chi connectivity index (χ1n) is 5.07. The molecule has 0 heterocycles. The lowest BCUT2D eigenvalue weighted by atomic mass is 10.4. The molecular formula is C10H19BrIN3. The minimum absolute atomic E-state index is 0. The van der Waals surface area contributed by atoms with Crippen molar-refractivity contribution in [2.24, 2.45) is 10.9 Å². The monoisotopic (exact) mass is 387 g/mol. The molecule has 1 rings (SSSR count). The second-order valence-electron chi connectivity index (χ2n) is 3.54. The molecule has 88 valence electrons. The van der Waals surface area contributed by atoms with Gasteiger partial charge in [-0.1, -0.05) is 22.5 Å². The molecule has 0 amide bonds. The van der Waals surface area contributed by atoms with Crippen molar-refractivity contribution >= 4 is 45.9 Å². The van der Waals surface area contributed by atoms with E-state index in [0.717, 1.165) is 29.4 Å². The molecule has 1 saturated carbocycles. The minimum atomic E-state index is 0. The van der Waals surface area contributed by atoms with Gasteiger partial charge in [0.25, 0.3) is 0 Å². The van der Waals surface area contributed by atoms with Gasteiger partial charge < -0.3 is 10.6 Å². The molecule has 0 aromatic rings. The van der Waals surface area contributed by atoms with Crippen molar-refractivity contribution in [1.82, 2.24) is 10.6 Å². The number of nitrogens with one attached hydrogen (secondary N) is 2. The highest BCUT2D eigenvalue weighted by Crippen LogP contribution is 2.27. The molecule has 0 radical (unpaired) electrons. The summed E-state index contributed by atoms with van der Waals surface area (Å²) in [5.74, 6) is 1.76. The zero-order chi connectivity index (χ0) is 10.4. The van der Waals surface area contributed by atoms with E-state index in [4.69, 9.17) is 0 Å². The second-order valence-corrected chi connectivity index (χ2v) is 4.66. The summed E-state index contributed by atoms with van der Waals surface area (Å²) in [6.45, 7) is 8.38. The third-order valence-corrected chi connectivity index (χ3v) is 2.26. The summed E-state index contributed by atoms with van der Waals surface area (Å²) < 4.78 is 0.904. The van der Waals surface area contributed by atoms with Gasteiger partial charge in [0.2, 0.25) is 0 Å². The summed E-state index contributed by atoms with van der Waals surface area (Å²) in [5.41, 5.74) is 0. The number of aliphatic imine (C=N–C) groups is 1. The predicted molar refractivity (Wildman–Crippen MR) is 80.2 cm³/mol. The fraction of sp³-hybridized carbons (Fsp3) is 0.700. The summed E-state index contributed by atoms with van der Waals surface area (Å²) in [6.07, 6.45) is 2.72. The number of halogens is 2. The van der Waals surface area contributed by atoms with Crippen LogP contribution in [0.4, 0.5) is 0 Å². The van der Waals surface area contributed by atoms with Gasteiger partial charge in [0, 0.05) is 17.6 Å². The van der Waals surface area contributed by atoms with Gasteiger partial charge in [-0.2, -0.15) is 0 Å². The fourth-order valence-corrected chi connectivity index (χ4v) is 1.19. The van der Waals surface area contributed by atoms with Crippen molar-refractivity contribution in [3.63, 3.8) is 0 Å². The number of guanidine groups is 1. The van der Waals surface area contributed by atoms with Crippen molar-refractivity contribution in [2.75, 3.05) is 19.6 Å². The predicted octanol–water partition coefficient (Wildman–Crippen LogP) is 2.48. The number of hydrogen-bond donors (Lipinski definition) is 2. The Morgan fingerprint density at radius 1 is 1.47 bits per heavy atom. The van der Waals surface area contributed by atoms with Gasteiger partial charge in [-0.3, -0.25) is 0 Å². The van der Waals surface area contributed by atoms with E-state index in [0.29, 0.717) is 6.54 Å². The third-order valence-electron chi connectivity index (χ3n) is 2.01. The van der Waals surface area contributed by atoms with Gasteiger partial charge >= 0.3 is 0 Å². The maximum absolute atomic E-state index is 4.36. The van der Waals surface area contributed by atoms with E-state index in [-0.39, 0.29) is 24.0 Å². The highest BCUT2D eigenvalue weighted by atomic mass is 127. The van der Waals surface area contributed by atoms with Crippen molar-refractivity contribution < 1.29 is 0 Å². The molecule has 5 heteroatoms. The zero-order valence-electron chi connectivity index (χ0n) is 9.05. The minimum Gasteiger partial charge on any atom is -0.357 e. The normalized spacial score (nSPS) is 15.5. The Hall–Kier alpha value is 0.220. The maximum Gasteiger partial charge on any atom is 0.191 e. The third kappa shape index (κ3) is 8.07. The lowest BCUT2D eigenvalue weighted by Gasteiger charge is -2.10. The van der Waals surface area contributed by atoms with Crippen LogP contribution >= 0.6 is 39.9 Å². The lowest BCUT2D eigenvalue weighted by molar-refractivity contribution is 0.742. The fourth-order valence-electron chi connectivity index (χ4n) is 1.07. The standard InChI is InChI=1S/C10H18BrN3.HI/c1-3-12-10(13-6-8(2)11)14-7-9-4-5-9;/h9H,2-7H2,1H3,(H2,12,13,14);1H. The van der Waals surface area contributed by atoms with E-state index in [1.54, 1.807) is 0 Å². The highest BCUT2D eigenvalue weighted by molar-refractivity contribution is 14.0. The van der Waals surface area contributed by atoms with Crippen LogP contribution in [0.25, 0.3) is 0 Å². The Labute approximate surface area is 117 Å². The molecule has 0 saturated heterocycles. The molecule has 1 aliphatic carbocycles. The summed E-state index contributed by atoms with van der Waals surface area (Å²) in [7, 11) is 0. The molecule has 0 atom stereocenters. The van der Waals surface area contributed by atoms with Crippen LogP contribution in [0.5, 0.6) is 0 Å². The molecule has 0 aromatic carbocycles. The van der Waals surface area contributed by atoms with Gasteiger partial charge in [0.1, 0.15) is 0 Å². The first-order valence-corrected chi connectivity index (χ1v) is 5.87. The Balaban J connectivity index is 0.00000196. The quantitative estimate of drug-likeness (QED) is 0.432. The van der Waals surface area contributed by atoms with Crippen molar-refractivity contribution in [1.29, 1.82) is 0 Å². The first-order chi connectivity index (χ1) is 6.72. The second kappa shape index (κ2) is 8.38. The summed E-state index contributed by atoms with van der Waals surface area (Å²) in [5, 5.41) is 6.51. The zero-order valence-corrected chi connectivity index (χ0v) is 13.0. The Kier molecular flexibility index (Phi) is 8.50. The summed E-state index contributed by atoms with van der Waals surface area (Å²) in [6, 6.07) is 0. The van der Waals surface area contributed by atoms with Crippen LogP contribution in [-0.4, -0.2) is 25.6 Å². The van der Waals surface area contributed by atoms with E-state index >= 15 is 0 Å². The molecule has 0 unspecified atom stereocenters. The Morgan fingerprint density at radius 3 is 2.60 bits per heavy atom. The molecule has 0 aliphatic heterocycles. The number of rotatable bonds is 5. The van der Waals surface area contributed by atoms with Gasteiger partial charge in [-0.05, 0) is 25.7 Å². The highest BCUT2D eigenvalue weighted by Gasteiger charge is 2.20. The van der Waals surface area contributed by atoms with Crippen LogP contribution in [0.2, 0.25) is 0 Å². The van der Waals surface area contributed by atoms with Crippen LogP contribution in [-0.2, 0) is 0 Å². The maximum atomic E-state index is 4.36. The average Bonchev–Trinajstić information content (AvgIpc) is 2.93. The van der Waals surface area contributed by atoms with Crippen LogP contribution in [0, 0.1) is 5.92 Å². The van der Waals surface area contributed by atoms with Gasteiger partial charge in [0.15, 0.2) is 5.96 Å². The van der Waals surface area contributed by atoms with Crippen LogP contribution in [0.15, 0.2) is 16.1 Å². The van der Waals surface area contributed by atoms with E-state index in [2.05, 4.69) is 45.1 Å². The molecule has 1 fully saturated rings. The molecule has 15 heavy (non-hydrogen) atoms. The van der Waals surface area contributed by atoms with Crippen molar-refractivity contribution in [3.8, 4) is 0 Å². The molecule has 0 spiro atoms. The first kappa shape index (κ1) is 15.2. The van der Waals surface area contributed by atoms with Crippen LogP contribution < -0.4 is 10.6 Å². The van der Waals surface area contributed by atoms with E-state index in [1.807, 2.05) is 0 Å². The number of nitrogens with zero attached hydrogens (tertiary/aromatic N) is 1. The average molecular weight is 388 g/mol.